The summed E-state index contributed by atoms with van der Waals surface area (Å²) in [5, 5.41) is 11.2. The average Bonchev–Trinajstić information content (AvgIpc) is 2.44. The van der Waals surface area contributed by atoms with Crippen molar-refractivity contribution in [3.63, 3.8) is 0 Å². The normalized spacial score (nSPS) is 10.8. The van der Waals surface area contributed by atoms with E-state index in [0.29, 0.717) is 0 Å². The molecular weight excluding hydrogens is 276 g/mol. The zero-order valence-electron chi connectivity index (χ0n) is 10.3. The Hall–Kier alpha value is -1.58. The molecular formula is C15H11ClN2S. The van der Waals surface area contributed by atoms with E-state index in [1.54, 1.807) is 11.8 Å². The first-order chi connectivity index (χ1) is 9.24. The Bertz CT molecular complexity index is 729. The first-order valence-corrected chi connectivity index (χ1v) is 7.09. The number of aromatic nitrogens is 2. The predicted octanol–water partition coefficient (Wildman–Crippen LogP) is 4.74. The van der Waals surface area contributed by atoms with Crippen LogP contribution in [0.3, 0.4) is 0 Å². The molecule has 0 aliphatic heterocycles. The minimum Gasteiger partial charge on any atom is -0.149 e. The topological polar surface area (TPSA) is 25.8 Å². The quantitative estimate of drug-likeness (QED) is 0.680. The van der Waals surface area contributed by atoms with Gasteiger partial charge >= 0.3 is 0 Å². The molecule has 1 heterocycles. The standard InChI is InChI=1S/C15H11ClN2S/c1-10-13-9-11(16)7-8-14(13)17-18-15(10)19-12-5-3-2-4-6-12/h2-9H,1H3. The van der Waals surface area contributed by atoms with E-state index < -0.39 is 0 Å². The highest BCUT2D eigenvalue weighted by Crippen LogP contribution is 2.31. The van der Waals surface area contributed by atoms with Crippen molar-refractivity contribution in [3.8, 4) is 0 Å². The van der Waals surface area contributed by atoms with Crippen LogP contribution in [0.1, 0.15) is 5.56 Å². The fraction of sp³-hybridized carbons (Fsp3) is 0.0667. The van der Waals surface area contributed by atoms with Gasteiger partial charge in [0.2, 0.25) is 0 Å². The summed E-state index contributed by atoms with van der Waals surface area (Å²) in [6.07, 6.45) is 0. The summed E-state index contributed by atoms with van der Waals surface area (Å²) in [4.78, 5) is 1.15. The maximum absolute atomic E-state index is 6.05. The van der Waals surface area contributed by atoms with Crippen LogP contribution >= 0.6 is 23.4 Å². The zero-order chi connectivity index (χ0) is 13.2. The molecule has 0 unspecified atom stereocenters. The third-order valence-electron chi connectivity index (χ3n) is 2.89. The molecule has 0 fully saturated rings. The molecule has 0 bridgehead atoms. The number of aryl methyl sites for hydroxylation is 1. The summed E-state index contributed by atoms with van der Waals surface area (Å²) in [5.41, 5.74) is 1.99. The van der Waals surface area contributed by atoms with Crippen LogP contribution in [0.2, 0.25) is 5.02 Å². The number of rotatable bonds is 2. The Kier molecular flexibility index (Phi) is 3.40. The second-order valence-corrected chi connectivity index (χ2v) is 5.71. The third-order valence-corrected chi connectivity index (χ3v) is 4.21. The molecule has 1 aromatic heterocycles. The highest BCUT2D eigenvalue weighted by atomic mass is 35.5. The summed E-state index contributed by atoms with van der Waals surface area (Å²) >= 11 is 7.67. The fourth-order valence-corrected chi connectivity index (χ4v) is 2.92. The summed E-state index contributed by atoms with van der Waals surface area (Å²) in [6.45, 7) is 2.05. The molecule has 0 radical (unpaired) electrons. The zero-order valence-corrected chi connectivity index (χ0v) is 11.9. The van der Waals surface area contributed by atoms with Crippen molar-refractivity contribution in [2.24, 2.45) is 0 Å². The van der Waals surface area contributed by atoms with Crippen molar-refractivity contribution in [2.75, 3.05) is 0 Å². The summed E-state index contributed by atoms with van der Waals surface area (Å²) < 4.78 is 0. The van der Waals surface area contributed by atoms with Gasteiger partial charge in [-0.1, -0.05) is 41.6 Å². The molecule has 0 aliphatic carbocycles. The number of hydrogen-bond donors (Lipinski definition) is 0. The predicted molar refractivity (Wildman–Crippen MR) is 79.9 cm³/mol. The number of nitrogens with zero attached hydrogens (tertiary/aromatic N) is 2. The van der Waals surface area contributed by atoms with E-state index in [-0.39, 0.29) is 0 Å². The Morgan fingerprint density at radius 2 is 1.79 bits per heavy atom. The maximum atomic E-state index is 6.05. The van der Waals surface area contributed by atoms with Crippen molar-refractivity contribution in [3.05, 3.63) is 59.1 Å². The van der Waals surface area contributed by atoms with Crippen LogP contribution in [0.15, 0.2) is 58.5 Å². The molecule has 0 spiro atoms. The average molecular weight is 287 g/mol. The lowest BCUT2D eigenvalue weighted by molar-refractivity contribution is 0.942. The second-order valence-electron chi connectivity index (χ2n) is 4.21. The summed E-state index contributed by atoms with van der Waals surface area (Å²) in [7, 11) is 0. The van der Waals surface area contributed by atoms with Gasteiger partial charge in [-0.15, -0.1) is 10.2 Å². The van der Waals surface area contributed by atoms with Crippen LogP contribution < -0.4 is 0 Å². The molecule has 0 N–H and O–H groups in total. The first kappa shape index (κ1) is 12.5. The van der Waals surface area contributed by atoms with Gasteiger partial charge in [0, 0.05) is 15.3 Å². The molecule has 3 aromatic rings. The van der Waals surface area contributed by atoms with Crippen molar-refractivity contribution < 1.29 is 0 Å². The minimum atomic E-state index is 0.722. The molecule has 0 aliphatic rings. The van der Waals surface area contributed by atoms with Gasteiger partial charge in [-0.25, -0.2) is 0 Å². The summed E-state index contributed by atoms with van der Waals surface area (Å²) in [5.74, 6) is 0. The van der Waals surface area contributed by atoms with Crippen LogP contribution in [-0.2, 0) is 0 Å². The van der Waals surface area contributed by atoms with Gasteiger partial charge in [0.25, 0.3) is 0 Å². The molecule has 19 heavy (non-hydrogen) atoms. The van der Waals surface area contributed by atoms with Crippen molar-refractivity contribution >= 4 is 34.3 Å². The van der Waals surface area contributed by atoms with E-state index in [9.17, 15) is 0 Å². The molecule has 0 saturated heterocycles. The lowest BCUT2D eigenvalue weighted by atomic mass is 10.1. The highest BCUT2D eigenvalue weighted by Gasteiger charge is 2.08. The van der Waals surface area contributed by atoms with Gasteiger partial charge in [0.05, 0.1) is 5.52 Å². The van der Waals surface area contributed by atoms with Crippen molar-refractivity contribution in [1.82, 2.24) is 10.2 Å². The van der Waals surface area contributed by atoms with Crippen molar-refractivity contribution in [1.29, 1.82) is 0 Å². The lowest BCUT2D eigenvalue weighted by Crippen LogP contribution is -1.92. The van der Waals surface area contributed by atoms with Gasteiger partial charge in [0.1, 0.15) is 5.03 Å². The van der Waals surface area contributed by atoms with E-state index >= 15 is 0 Å². The van der Waals surface area contributed by atoms with E-state index in [1.165, 1.54) is 0 Å². The van der Waals surface area contributed by atoms with Gasteiger partial charge in [-0.2, -0.15) is 0 Å². The van der Waals surface area contributed by atoms with Crippen LogP contribution in [0, 0.1) is 6.92 Å². The molecule has 0 atom stereocenters. The molecule has 0 saturated carbocycles. The SMILES string of the molecule is Cc1c(Sc2ccccc2)nnc2ccc(Cl)cc12. The molecule has 94 valence electrons. The van der Waals surface area contributed by atoms with E-state index in [2.05, 4.69) is 29.3 Å². The molecule has 4 heteroatoms. The molecule has 2 nitrogen and oxygen atoms in total. The molecule has 2 aromatic carbocycles. The second kappa shape index (κ2) is 5.19. The van der Waals surface area contributed by atoms with Crippen molar-refractivity contribution in [2.45, 2.75) is 16.8 Å². The van der Waals surface area contributed by atoms with Crippen LogP contribution in [0.4, 0.5) is 0 Å². The Morgan fingerprint density at radius 1 is 1.00 bits per heavy atom. The van der Waals surface area contributed by atoms with Gasteiger partial charge < -0.3 is 0 Å². The number of fused-ring (bicyclic) bond motifs is 1. The Labute approximate surface area is 120 Å². The fourth-order valence-electron chi connectivity index (χ4n) is 1.88. The van der Waals surface area contributed by atoms with Crippen LogP contribution in [-0.4, -0.2) is 10.2 Å². The highest BCUT2D eigenvalue weighted by molar-refractivity contribution is 7.99. The lowest BCUT2D eigenvalue weighted by Gasteiger charge is -2.07. The number of halogens is 1. The largest absolute Gasteiger partial charge is 0.149 e. The van der Waals surface area contributed by atoms with E-state index in [1.807, 2.05) is 36.4 Å². The Morgan fingerprint density at radius 3 is 2.58 bits per heavy atom. The minimum absolute atomic E-state index is 0.722. The van der Waals surface area contributed by atoms with Gasteiger partial charge in [-0.3, -0.25) is 0 Å². The van der Waals surface area contributed by atoms with E-state index in [4.69, 9.17) is 11.6 Å². The summed E-state index contributed by atoms with van der Waals surface area (Å²) in [6, 6.07) is 15.8. The van der Waals surface area contributed by atoms with Gasteiger partial charge in [0.15, 0.2) is 0 Å². The molecule has 3 rings (SSSR count). The smallest absolute Gasteiger partial charge is 0.127 e. The maximum Gasteiger partial charge on any atom is 0.127 e. The first-order valence-electron chi connectivity index (χ1n) is 5.89. The number of benzene rings is 2. The third kappa shape index (κ3) is 2.57. The van der Waals surface area contributed by atoms with Gasteiger partial charge in [-0.05, 0) is 42.8 Å². The Balaban J connectivity index is 2.07. The van der Waals surface area contributed by atoms with Crippen LogP contribution in [0.5, 0.6) is 0 Å². The monoisotopic (exact) mass is 286 g/mol. The van der Waals surface area contributed by atoms with E-state index in [0.717, 1.165) is 31.4 Å². The van der Waals surface area contributed by atoms with Crippen LogP contribution in [0.25, 0.3) is 10.9 Å². The molecule has 0 amide bonds. The number of hydrogen-bond acceptors (Lipinski definition) is 3.